The SMILES string of the molecule is N#Cc1cccc(CSc2nnc(-c3cccs3)o2)c1. The Morgan fingerprint density at radius 3 is 3.00 bits per heavy atom. The molecule has 2 aromatic heterocycles. The molecule has 4 nitrogen and oxygen atoms in total. The van der Waals surface area contributed by atoms with Crippen LogP contribution in [0.25, 0.3) is 10.8 Å². The highest BCUT2D eigenvalue weighted by Gasteiger charge is 2.09. The van der Waals surface area contributed by atoms with E-state index in [1.165, 1.54) is 11.8 Å². The minimum Gasteiger partial charge on any atom is -0.410 e. The summed E-state index contributed by atoms with van der Waals surface area (Å²) >= 11 is 3.03. The Morgan fingerprint density at radius 1 is 1.25 bits per heavy atom. The molecule has 98 valence electrons. The Labute approximate surface area is 124 Å². The second kappa shape index (κ2) is 5.90. The first-order valence-electron chi connectivity index (χ1n) is 5.84. The molecular weight excluding hydrogens is 290 g/mol. The molecule has 6 heteroatoms. The number of thiophene rings is 1. The largest absolute Gasteiger partial charge is 0.410 e. The normalized spacial score (nSPS) is 10.3. The highest BCUT2D eigenvalue weighted by molar-refractivity contribution is 7.98. The van der Waals surface area contributed by atoms with Crippen molar-refractivity contribution in [1.29, 1.82) is 5.26 Å². The zero-order valence-corrected chi connectivity index (χ0v) is 11.9. The Bertz CT molecular complexity index is 744. The van der Waals surface area contributed by atoms with Crippen LogP contribution in [0.1, 0.15) is 11.1 Å². The molecule has 1 aromatic carbocycles. The van der Waals surface area contributed by atoms with E-state index in [9.17, 15) is 0 Å². The Kier molecular flexibility index (Phi) is 3.81. The van der Waals surface area contributed by atoms with Gasteiger partial charge in [0.2, 0.25) is 0 Å². The monoisotopic (exact) mass is 299 g/mol. The maximum Gasteiger partial charge on any atom is 0.277 e. The van der Waals surface area contributed by atoms with E-state index in [1.54, 1.807) is 17.4 Å². The van der Waals surface area contributed by atoms with Crippen LogP contribution in [-0.4, -0.2) is 10.2 Å². The summed E-state index contributed by atoms with van der Waals surface area (Å²) < 4.78 is 5.59. The minimum atomic E-state index is 0.538. The quantitative estimate of drug-likeness (QED) is 0.682. The molecule has 0 saturated carbocycles. The van der Waals surface area contributed by atoms with Crippen LogP contribution in [0.3, 0.4) is 0 Å². The Morgan fingerprint density at radius 2 is 2.20 bits per heavy atom. The molecule has 0 aliphatic carbocycles. The Hall–Kier alpha value is -2.10. The molecule has 0 amide bonds. The standard InChI is InChI=1S/C14H9N3OS2/c15-8-10-3-1-4-11(7-10)9-20-14-17-16-13(18-14)12-5-2-6-19-12/h1-7H,9H2. The fourth-order valence-corrected chi connectivity index (χ4v) is 2.99. The molecule has 0 saturated heterocycles. The molecule has 0 fully saturated rings. The van der Waals surface area contributed by atoms with Crippen molar-refractivity contribution in [3.63, 3.8) is 0 Å². The zero-order chi connectivity index (χ0) is 13.8. The third-order valence-corrected chi connectivity index (χ3v) is 4.30. The molecule has 0 N–H and O–H groups in total. The average molecular weight is 299 g/mol. The average Bonchev–Trinajstić information content (AvgIpc) is 3.16. The number of rotatable bonds is 4. The van der Waals surface area contributed by atoms with Gasteiger partial charge in [-0.2, -0.15) is 5.26 Å². The molecule has 2 heterocycles. The van der Waals surface area contributed by atoms with E-state index in [-0.39, 0.29) is 0 Å². The van der Waals surface area contributed by atoms with Crippen LogP contribution in [0.2, 0.25) is 0 Å². The topological polar surface area (TPSA) is 62.7 Å². The number of thioether (sulfide) groups is 1. The lowest BCUT2D eigenvalue weighted by Gasteiger charge is -1.98. The predicted octanol–water partition coefficient (Wildman–Crippen LogP) is 3.96. The molecule has 0 atom stereocenters. The van der Waals surface area contributed by atoms with Gasteiger partial charge in [0.15, 0.2) is 0 Å². The van der Waals surface area contributed by atoms with E-state index in [0.717, 1.165) is 10.4 Å². The fourth-order valence-electron chi connectivity index (χ4n) is 1.64. The van der Waals surface area contributed by atoms with E-state index >= 15 is 0 Å². The fraction of sp³-hybridized carbons (Fsp3) is 0.0714. The maximum atomic E-state index is 8.86. The molecule has 0 unspecified atom stereocenters. The summed E-state index contributed by atoms with van der Waals surface area (Å²) in [6, 6.07) is 13.5. The van der Waals surface area contributed by atoms with Crippen molar-refractivity contribution in [2.75, 3.05) is 0 Å². The smallest absolute Gasteiger partial charge is 0.277 e. The van der Waals surface area contributed by atoms with Gasteiger partial charge in [-0.05, 0) is 29.1 Å². The van der Waals surface area contributed by atoms with Crippen LogP contribution in [0, 0.1) is 11.3 Å². The van der Waals surface area contributed by atoms with Crippen LogP contribution in [0.5, 0.6) is 0 Å². The summed E-state index contributed by atoms with van der Waals surface area (Å²) in [7, 11) is 0. The Balaban J connectivity index is 1.68. The van der Waals surface area contributed by atoms with Crippen molar-refractivity contribution in [3.8, 4) is 16.8 Å². The molecular formula is C14H9N3OS2. The molecule has 0 aliphatic heterocycles. The van der Waals surface area contributed by atoms with Crippen molar-refractivity contribution in [2.45, 2.75) is 11.0 Å². The van der Waals surface area contributed by atoms with Crippen molar-refractivity contribution in [3.05, 3.63) is 52.9 Å². The number of benzene rings is 1. The van der Waals surface area contributed by atoms with Crippen molar-refractivity contribution in [1.82, 2.24) is 10.2 Å². The van der Waals surface area contributed by atoms with Gasteiger partial charge in [0, 0.05) is 5.75 Å². The first kappa shape index (κ1) is 12.9. The van der Waals surface area contributed by atoms with Gasteiger partial charge in [-0.25, -0.2) is 0 Å². The minimum absolute atomic E-state index is 0.538. The second-order valence-corrected chi connectivity index (χ2v) is 5.83. The van der Waals surface area contributed by atoms with Gasteiger partial charge in [0.1, 0.15) is 0 Å². The van der Waals surface area contributed by atoms with Gasteiger partial charge < -0.3 is 4.42 Å². The van der Waals surface area contributed by atoms with Crippen molar-refractivity contribution >= 4 is 23.1 Å². The van der Waals surface area contributed by atoms with Gasteiger partial charge >= 0.3 is 0 Å². The molecule has 0 radical (unpaired) electrons. The lowest BCUT2D eigenvalue weighted by Crippen LogP contribution is -1.82. The number of nitriles is 1. The van der Waals surface area contributed by atoms with Crippen LogP contribution >= 0.6 is 23.1 Å². The predicted molar refractivity (Wildman–Crippen MR) is 78.3 cm³/mol. The molecule has 3 rings (SSSR count). The van der Waals surface area contributed by atoms with Crippen LogP contribution in [0.15, 0.2) is 51.4 Å². The van der Waals surface area contributed by atoms with Gasteiger partial charge in [-0.3, -0.25) is 0 Å². The van der Waals surface area contributed by atoms with Crippen molar-refractivity contribution in [2.24, 2.45) is 0 Å². The first-order valence-corrected chi connectivity index (χ1v) is 7.71. The third kappa shape index (κ3) is 2.90. The number of aromatic nitrogens is 2. The summed E-state index contributed by atoms with van der Waals surface area (Å²) in [6.07, 6.45) is 0. The van der Waals surface area contributed by atoms with E-state index in [1.807, 2.05) is 35.7 Å². The number of hydrogen-bond donors (Lipinski definition) is 0. The molecule has 0 spiro atoms. The van der Waals surface area contributed by atoms with Gasteiger partial charge in [0.05, 0.1) is 16.5 Å². The van der Waals surface area contributed by atoms with E-state index < -0.39 is 0 Å². The highest BCUT2D eigenvalue weighted by atomic mass is 32.2. The number of hydrogen-bond acceptors (Lipinski definition) is 6. The third-order valence-electron chi connectivity index (χ3n) is 2.56. The lowest BCUT2D eigenvalue weighted by atomic mass is 10.2. The summed E-state index contributed by atoms with van der Waals surface area (Å²) in [4.78, 5) is 0.968. The first-order chi connectivity index (χ1) is 9.85. The number of nitrogens with zero attached hydrogens (tertiary/aromatic N) is 3. The van der Waals surface area contributed by atoms with Crippen LogP contribution < -0.4 is 0 Å². The lowest BCUT2D eigenvalue weighted by molar-refractivity contribution is 0.466. The van der Waals surface area contributed by atoms with Crippen LogP contribution in [-0.2, 0) is 5.75 Å². The van der Waals surface area contributed by atoms with Gasteiger partial charge in [-0.1, -0.05) is 30.0 Å². The summed E-state index contributed by atoms with van der Waals surface area (Å²) in [6.45, 7) is 0. The molecule has 20 heavy (non-hydrogen) atoms. The van der Waals surface area contributed by atoms with E-state index in [0.29, 0.717) is 22.4 Å². The molecule has 3 aromatic rings. The molecule has 0 aliphatic rings. The second-order valence-electron chi connectivity index (χ2n) is 3.95. The van der Waals surface area contributed by atoms with E-state index in [2.05, 4.69) is 16.3 Å². The summed E-state index contributed by atoms with van der Waals surface area (Å²) in [5, 5.41) is 19.4. The zero-order valence-electron chi connectivity index (χ0n) is 10.3. The molecule has 0 bridgehead atoms. The van der Waals surface area contributed by atoms with Crippen molar-refractivity contribution < 1.29 is 4.42 Å². The summed E-state index contributed by atoms with van der Waals surface area (Å²) in [5.74, 6) is 1.25. The van der Waals surface area contributed by atoms with Gasteiger partial charge in [0.25, 0.3) is 11.1 Å². The maximum absolute atomic E-state index is 8.86. The van der Waals surface area contributed by atoms with E-state index in [4.69, 9.17) is 9.68 Å². The van der Waals surface area contributed by atoms with Gasteiger partial charge in [-0.15, -0.1) is 21.5 Å². The summed E-state index contributed by atoms with van der Waals surface area (Å²) in [5.41, 5.74) is 1.72. The van der Waals surface area contributed by atoms with Crippen LogP contribution in [0.4, 0.5) is 0 Å². The highest BCUT2D eigenvalue weighted by Crippen LogP contribution is 2.28.